The van der Waals surface area contributed by atoms with Gasteiger partial charge in [-0.2, -0.15) is 10.2 Å². The fraction of sp³-hybridized carbons (Fsp3) is 0.585. The number of rotatable bonds is 17. The summed E-state index contributed by atoms with van der Waals surface area (Å²) < 4.78 is 22.1. The van der Waals surface area contributed by atoms with Gasteiger partial charge in [0.15, 0.2) is 5.78 Å². The fourth-order valence-corrected chi connectivity index (χ4v) is 8.57. The molecule has 320 valence electrons. The Labute approximate surface area is 349 Å². The van der Waals surface area contributed by atoms with E-state index in [2.05, 4.69) is 41.3 Å². The number of methoxy groups -OCH3 is 2. The highest BCUT2D eigenvalue weighted by molar-refractivity contribution is 6.21. The molecule has 17 nitrogen and oxygen atoms in total. The van der Waals surface area contributed by atoms with Crippen LogP contribution in [0.2, 0.25) is 0 Å². The number of benzene rings is 2. The van der Waals surface area contributed by atoms with Crippen molar-refractivity contribution < 1.29 is 42.9 Å². The number of halogens is 1. The van der Waals surface area contributed by atoms with E-state index in [-0.39, 0.29) is 40.6 Å². The second kappa shape index (κ2) is 20.3. The maximum Gasteiger partial charge on any atom is 0.260 e. The maximum absolute atomic E-state index is 13.5. The van der Waals surface area contributed by atoms with Crippen LogP contribution in [0.5, 0.6) is 0 Å². The Morgan fingerprint density at radius 2 is 1.39 bits per heavy atom. The van der Waals surface area contributed by atoms with Gasteiger partial charge in [-0.15, -0.1) is 11.6 Å². The number of hydrogen-bond acceptors (Lipinski definition) is 13. The van der Waals surface area contributed by atoms with Gasteiger partial charge in [0, 0.05) is 82.3 Å². The summed E-state index contributed by atoms with van der Waals surface area (Å²) in [6.07, 6.45) is 0.904. The molecular formula is C41H55ClN8O9. The molecule has 18 heteroatoms. The lowest BCUT2D eigenvalue weighted by atomic mass is 9.58. The molecule has 3 aliphatic heterocycles. The zero-order chi connectivity index (χ0) is 42.0. The van der Waals surface area contributed by atoms with Crippen LogP contribution in [0.1, 0.15) is 63.7 Å². The highest BCUT2D eigenvalue weighted by Gasteiger charge is 2.75. The molecule has 4 aliphatic rings. The summed E-state index contributed by atoms with van der Waals surface area (Å²) in [5, 5.41) is 19.9. The number of carbonyl (C=O) groups is 5. The predicted molar refractivity (Wildman–Crippen MR) is 219 cm³/mol. The van der Waals surface area contributed by atoms with Crippen molar-refractivity contribution in [1.82, 2.24) is 25.8 Å². The topological polar surface area (TPSA) is 202 Å². The summed E-state index contributed by atoms with van der Waals surface area (Å²) in [6, 6.07) is 10.7. The van der Waals surface area contributed by atoms with Crippen LogP contribution in [-0.2, 0) is 28.5 Å². The highest BCUT2D eigenvalue weighted by Crippen LogP contribution is 2.49. The normalized spacial score (nSPS) is 26.2. The van der Waals surface area contributed by atoms with Crippen LogP contribution in [-0.4, -0.2) is 161 Å². The first kappa shape index (κ1) is 44.2. The molecule has 4 N–H and O–H groups in total. The van der Waals surface area contributed by atoms with Crippen molar-refractivity contribution in [3.63, 3.8) is 0 Å². The molecule has 1 aliphatic carbocycles. The molecule has 5 unspecified atom stereocenters. The first-order valence-electron chi connectivity index (χ1n) is 20.2. The largest absolute Gasteiger partial charge is 0.380 e. The molecule has 6 rings (SSSR count). The molecule has 4 amide bonds. The molecule has 59 heavy (non-hydrogen) atoms. The number of ether oxygens (including phenoxy) is 4. The average Bonchev–Trinajstić information content (AvgIpc) is 3.24. The summed E-state index contributed by atoms with van der Waals surface area (Å²) >= 11 is 6.54. The van der Waals surface area contributed by atoms with E-state index in [1.54, 1.807) is 0 Å². The van der Waals surface area contributed by atoms with Gasteiger partial charge in [-0.3, -0.25) is 33.8 Å². The summed E-state index contributed by atoms with van der Waals surface area (Å²) in [6.45, 7) is 10.0. The maximum atomic E-state index is 13.5. The number of carbonyl (C=O) groups excluding carboxylic acids is 5. The highest BCUT2D eigenvalue weighted by atomic mass is 35.5. The number of alkyl halides is 1. The van der Waals surface area contributed by atoms with Gasteiger partial charge in [0.2, 0.25) is 5.54 Å². The third-order valence-electron chi connectivity index (χ3n) is 11.6. The molecular weight excluding hydrogens is 784 g/mol. The molecule has 3 heterocycles. The van der Waals surface area contributed by atoms with E-state index in [4.69, 9.17) is 30.5 Å². The Morgan fingerprint density at radius 3 is 1.88 bits per heavy atom. The second-order valence-corrected chi connectivity index (χ2v) is 15.8. The van der Waals surface area contributed by atoms with Crippen LogP contribution in [0.3, 0.4) is 0 Å². The number of Topliss-reactive ketones (excluding diaryl/α,β-unsaturated/α-hetero) is 1. The lowest BCUT2D eigenvalue weighted by molar-refractivity contribution is -0.173. The summed E-state index contributed by atoms with van der Waals surface area (Å²) in [5.74, 6) is -2.34. The Morgan fingerprint density at radius 1 is 0.831 bits per heavy atom. The van der Waals surface area contributed by atoms with Gasteiger partial charge in [-0.1, -0.05) is 0 Å². The quantitative estimate of drug-likeness (QED) is 0.0600. The Hall–Kier alpha value is -4.36. The van der Waals surface area contributed by atoms with Gasteiger partial charge in [0.05, 0.1) is 49.7 Å². The first-order valence-corrected chi connectivity index (χ1v) is 20.6. The van der Waals surface area contributed by atoms with Gasteiger partial charge in [0.1, 0.15) is 5.54 Å². The molecule has 1 spiro atoms. The van der Waals surface area contributed by atoms with E-state index < -0.39 is 46.3 Å². The zero-order valence-electron chi connectivity index (χ0n) is 33.9. The minimum atomic E-state index is -1.87. The van der Waals surface area contributed by atoms with Crippen LogP contribution in [0.25, 0.3) is 0 Å². The van der Waals surface area contributed by atoms with Crippen LogP contribution in [0, 0.1) is 0 Å². The lowest BCUT2D eigenvalue weighted by Crippen LogP contribution is -2.88. The third-order valence-corrected chi connectivity index (χ3v) is 12.0. The molecule has 0 aromatic heterocycles. The standard InChI is InChI=1S/C41H55ClN8O9/c1-27(51)41(39(55)46-40(41)26-34(56-2)33(42)25-35(40)57-3)48-47-31-8-6-28(7-9-31)38(54)45-32-23-29(36(52)43-10-4-12-49-14-18-58-19-15-49)22-30(24-32)37(53)44-11-5-13-50-16-20-59-21-17-50/h6-9,22-24,33-35H,4-5,10-21,25-26H2,1-3H3,(H,43,52)(H,44,53)(H,45,54)(H,46,55). The predicted octanol–water partition coefficient (Wildman–Crippen LogP) is 2.55. The Kier molecular flexibility index (Phi) is 15.2. The van der Waals surface area contributed by atoms with E-state index in [0.29, 0.717) is 51.6 Å². The van der Waals surface area contributed by atoms with Gasteiger partial charge >= 0.3 is 0 Å². The zero-order valence-corrected chi connectivity index (χ0v) is 34.7. The summed E-state index contributed by atoms with van der Waals surface area (Å²) in [5.41, 5.74) is -1.83. The summed E-state index contributed by atoms with van der Waals surface area (Å²) in [4.78, 5) is 71.3. The molecule has 4 fully saturated rings. The van der Waals surface area contributed by atoms with Gasteiger partial charge in [-0.05, 0) is 81.7 Å². The van der Waals surface area contributed by atoms with Gasteiger partial charge in [-0.25, -0.2) is 0 Å². The van der Waals surface area contributed by atoms with Crippen molar-refractivity contribution in [2.24, 2.45) is 10.2 Å². The number of β-lactam (4-membered cyclic amide) rings is 1. The van der Waals surface area contributed by atoms with Crippen LogP contribution < -0.4 is 21.3 Å². The van der Waals surface area contributed by atoms with E-state index in [1.807, 2.05) is 0 Å². The number of hydrogen-bond donors (Lipinski definition) is 4. The van der Waals surface area contributed by atoms with Crippen molar-refractivity contribution in [1.29, 1.82) is 0 Å². The monoisotopic (exact) mass is 838 g/mol. The fourth-order valence-electron chi connectivity index (χ4n) is 8.22. The Bertz CT molecular complexity index is 1790. The molecule has 0 bridgehead atoms. The smallest absolute Gasteiger partial charge is 0.260 e. The first-order chi connectivity index (χ1) is 28.5. The van der Waals surface area contributed by atoms with E-state index in [1.165, 1.54) is 63.6 Å². The number of ketones is 1. The van der Waals surface area contributed by atoms with Crippen molar-refractivity contribution in [2.75, 3.05) is 98.3 Å². The molecule has 5 atom stereocenters. The number of amides is 4. The molecule has 3 saturated heterocycles. The van der Waals surface area contributed by atoms with Crippen molar-refractivity contribution in [3.05, 3.63) is 59.2 Å². The lowest BCUT2D eigenvalue weighted by Gasteiger charge is -2.60. The van der Waals surface area contributed by atoms with Gasteiger partial charge < -0.3 is 40.2 Å². The van der Waals surface area contributed by atoms with E-state index in [9.17, 15) is 24.0 Å². The number of nitrogens with zero attached hydrogens (tertiary/aromatic N) is 4. The molecule has 2 aromatic rings. The Balaban J connectivity index is 1.14. The van der Waals surface area contributed by atoms with E-state index >= 15 is 0 Å². The molecule has 1 saturated carbocycles. The number of morpholine rings is 2. The van der Waals surface area contributed by atoms with Crippen molar-refractivity contribution >= 4 is 52.4 Å². The average molecular weight is 839 g/mol. The van der Waals surface area contributed by atoms with Crippen LogP contribution in [0.4, 0.5) is 11.4 Å². The third kappa shape index (κ3) is 10.2. The second-order valence-electron chi connectivity index (χ2n) is 15.3. The number of nitrogens with one attached hydrogen (secondary N) is 4. The number of anilines is 1. The van der Waals surface area contributed by atoms with Crippen LogP contribution >= 0.6 is 11.6 Å². The summed E-state index contributed by atoms with van der Waals surface area (Å²) in [7, 11) is 3.01. The van der Waals surface area contributed by atoms with Crippen molar-refractivity contribution in [2.45, 2.75) is 61.3 Å². The number of azo groups is 1. The SMILES string of the molecule is COC1CC2(NC(=O)C2(N=Nc2ccc(C(=O)Nc3cc(C(=O)NCCCN4CCOCC4)cc(C(=O)NCCCN4CCOCC4)c3)cc2)C(C)=O)C(OC)CC1Cl. The van der Waals surface area contributed by atoms with Gasteiger partial charge in [0.25, 0.3) is 23.6 Å². The molecule has 2 aromatic carbocycles. The van der Waals surface area contributed by atoms with E-state index in [0.717, 1.165) is 52.1 Å². The minimum absolute atomic E-state index is 0.190. The van der Waals surface area contributed by atoms with Crippen molar-refractivity contribution in [3.8, 4) is 0 Å². The minimum Gasteiger partial charge on any atom is -0.380 e. The van der Waals surface area contributed by atoms with Crippen LogP contribution in [0.15, 0.2) is 52.7 Å². The molecule has 0 radical (unpaired) electrons.